The van der Waals surface area contributed by atoms with Crippen molar-refractivity contribution in [3.63, 3.8) is 0 Å². The number of aromatic nitrogens is 1. The van der Waals surface area contributed by atoms with Crippen LogP contribution in [0.4, 0.5) is 30.4 Å². The van der Waals surface area contributed by atoms with Gasteiger partial charge >= 0.3 is 0 Å². The molecule has 2 rings (SSSR count). The summed E-state index contributed by atoms with van der Waals surface area (Å²) in [5.74, 6) is -3.16. The number of hydrogen-bond donors (Lipinski definition) is 2. The Balaban J connectivity index is 2.41. The molecule has 0 atom stereocenters. The van der Waals surface area contributed by atoms with Crippen molar-refractivity contribution < 1.29 is 17.9 Å². The molecule has 0 aliphatic carbocycles. The smallest absolute Gasteiger partial charge is 0.215 e. The van der Waals surface area contributed by atoms with Crippen LogP contribution in [-0.2, 0) is 0 Å². The fraction of sp³-hybridized carbons (Fsp3) is 0.0833. The van der Waals surface area contributed by atoms with E-state index in [9.17, 15) is 13.2 Å². The molecule has 0 unspecified atom stereocenters. The molecule has 19 heavy (non-hydrogen) atoms. The topological polar surface area (TPSA) is 60.2 Å². The summed E-state index contributed by atoms with van der Waals surface area (Å²) in [7, 11) is 1.39. The molecule has 0 amide bonds. The third-order valence-electron chi connectivity index (χ3n) is 2.36. The first-order valence-electron chi connectivity index (χ1n) is 5.23. The summed E-state index contributed by atoms with van der Waals surface area (Å²) in [5, 5.41) is 2.43. The molecule has 1 aromatic heterocycles. The van der Waals surface area contributed by atoms with E-state index in [-0.39, 0.29) is 17.4 Å². The zero-order valence-corrected chi connectivity index (χ0v) is 9.88. The Labute approximate surface area is 107 Å². The monoisotopic (exact) mass is 269 g/mol. The second-order valence-electron chi connectivity index (χ2n) is 3.67. The summed E-state index contributed by atoms with van der Waals surface area (Å²) in [6.07, 6.45) is 0. The van der Waals surface area contributed by atoms with Crippen molar-refractivity contribution in [1.82, 2.24) is 4.98 Å². The van der Waals surface area contributed by atoms with Crippen molar-refractivity contribution in [2.75, 3.05) is 18.2 Å². The Bertz CT molecular complexity index is 619. The molecule has 0 aliphatic heterocycles. The van der Waals surface area contributed by atoms with E-state index in [1.54, 1.807) is 0 Å². The van der Waals surface area contributed by atoms with E-state index in [2.05, 4.69) is 10.3 Å². The number of methoxy groups -OCH3 is 1. The number of nitrogen functional groups attached to an aromatic ring is 1. The van der Waals surface area contributed by atoms with E-state index < -0.39 is 23.1 Å². The SMILES string of the molecule is COc1ccc(N)c(Nc2cc(F)cc(F)c2F)n1. The first-order valence-corrected chi connectivity index (χ1v) is 5.23. The van der Waals surface area contributed by atoms with Crippen molar-refractivity contribution in [3.8, 4) is 5.88 Å². The van der Waals surface area contributed by atoms with E-state index in [4.69, 9.17) is 10.5 Å². The Morgan fingerprint density at radius 3 is 2.63 bits per heavy atom. The van der Waals surface area contributed by atoms with Crippen LogP contribution in [-0.4, -0.2) is 12.1 Å². The number of nitrogens with zero attached hydrogens (tertiary/aromatic N) is 1. The lowest BCUT2D eigenvalue weighted by Crippen LogP contribution is -2.03. The van der Waals surface area contributed by atoms with E-state index in [0.717, 1.165) is 6.07 Å². The van der Waals surface area contributed by atoms with E-state index in [1.165, 1.54) is 19.2 Å². The number of nitrogens with one attached hydrogen (secondary N) is 1. The molecule has 0 fully saturated rings. The molecule has 0 saturated carbocycles. The van der Waals surface area contributed by atoms with Crippen molar-refractivity contribution in [3.05, 3.63) is 41.7 Å². The third-order valence-corrected chi connectivity index (χ3v) is 2.36. The molecule has 100 valence electrons. The molecule has 0 radical (unpaired) electrons. The van der Waals surface area contributed by atoms with Crippen LogP contribution in [0.2, 0.25) is 0 Å². The minimum Gasteiger partial charge on any atom is -0.481 e. The van der Waals surface area contributed by atoms with Crippen LogP contribution in [0, 0.1) is 17.5 Å². The molecule has 3 N–H and O–H groups in total. The largest absolute Gasteiger partial charge is 0.481 e. The van der Waals surface area contributed by atoms with Crippen LogP contribution >= 0.6 is 0 Å². The Morgan fingerprint density at radius 2 is 1.95 bits per heavy atom. The van der Waals surface area contributed by atoms with Gasteiger partial charge in [-0.15, -0.1) is 0 Å². The standard InChI is InChI=1S/C12H10F3N3O/c1-19-10-3-2-8(16)12(18-10)17-9-5-6(13)4-7(14)11(9)15/h2-5H,16H2,1H3,(H,17,18). The van der Waals surface area contributed by atoms with Gasteiger partial charge in [0.25, 0.3) is 0 Å². The fourth-order valence-corrected chi connectivity index (χ4v) is 1.44. The molecule has 1 heterocycles. The number of rotatable bonds is 3. The van der Waals surface area contributed by atoms with Crippen LogP contribution < -0.4 is 15.8 Å². The van der Waals surface area contributed by atoms with Gasteiger partial charge in [-0.1, -0.05) is 0 Å². The van der Waals surface area contributed by atoms with Gasteiger partial charge in [-0.2, -0.15) is 4.98 Å². The number of hydrogen-bond acceptors (Lipinski definition) is 4. The van der Waals surface area contributed by atoms with Crippen molar-refractivity contribution in [2.45, 2.75) is 0 Å². The van der Waals surface area contributed by atoms with Gasteiger partial charge in [-0.25, -0.2) is 13.2 Å². The maximum absolute atomic E-state index is 13.5. The molecule has 0 bridgehead atoms. The van der Waals surface area contributed by atoms with Gasteiger partial charge in [0.15, 0.2) is 17.5 Å². The van der Waals surface area contributed by atoms with Gasteiger partial charge in [0.05, 0.1) is 18.5 Å². The average Bonchev–Trinajstić information content (AvgIpc) is 2.38. The second kappa shape index (κ2) is 5.05. The van der Waals surface area contributed by atoms with Crippen molar-refractivity contribution in [2.24, 2.45) is 0 Å². The van der Waals surface area contributed by atoms with E-state index in [0.29, 0.717) is 6.07 Å². The van der Waals surface area contributed by atoms with Gasteiger partial charge in [-0.05, 0) is 6.07 Å². The van der Waals surface area contributed by atoms with Crippen molar-refractivity contribution in [1.29, 1.82) is 0 Å². The predicted molar refractivity (Wildman–Crippen MR) is 64.8 cm³/mol. The molecule has 1 aromatic carbocycles. The Hall–Kier alpha value is -2.44. The first-order chi connectivity index (χ1) is 9.01. The van der Waals surface area contributed by atoms with Crippen molar-refractivity contribution >= 4 is 17.2 Å². The molecule has 0 aliphatic rings. The highest BCUT2D eigenvalue weighted by atomic mass is 19.2. The summed E-state index contributed by atoms with van der Waals surface area (Å²) >= 11 is 0. The van der Waals surface area contributed by atoms with Gasteiger partial charge in [0, 0.05) is 18.2 Å². The number of nitrogens with two attached hydrogens (primary N) is 1. The second-order valence-corrected chi connectivity index (χ2v) is 3.67. The van der Waals surface area contributed by atoms with Gasteiger partial charge < -0.3 is 15.8 Å². The first kappa shape index (κ1) is 13.0. The van der Waals surface area contributed by atoms with Crippen LogP contribution in [0.5, 0.6) is 5.88 Å². The summed E-state index contributed by atoms with van der Waals surface area (Å²) in [6.45, 7) is 0. The lowest BCUT2D eigenvalue weighted by atomic mass is 10.2. The Kier molecular flexibility index (Phi) is 3.46. The Morgan fingerprint density at radius 1 is 1.21 bits per heavy atom. The van der Waals surface area contributed by atoms with Gasteiger partial charge in [0.1, 0.15) is 5.82 Å². The zero-order valence-electron chi connectivity index (χ0n) is 9.88. The average molecular weight is 269 g/mol. The summed E-state index contributed by atoms with van der Waals surface area (Å²) in [6, 6.07) is 4.23. The number of anilines is 3. The molecule has 7 heteroatoms. The number of benzene rings is 1. The normalized spacial score (nSPS) is 10.3. The molecule has 0 spiro atoms. The highest BCUT2D eigenvalue weighted by molar-refractivity contribution is 5.69. The van der Waals surface area contributed by atoms with Gasteiger partial charge in [-0.3, -0.25) is 0 Å². The molecular weight excluding hydrogens is 259 g/mol. The van der Waals surface area contributed by atoms with Crippen LogP contribution in [0.3, 0.4) is 0 Å². The maximum Gasteiger partial charge on any atom is 0.215 e. The number of pyridine rings is 1. The third kappa shape index (κ3) is 2.70. The van der Waals surface area contributed by atoms with Crippen LogP contribution in [0.1, 0.15) is 0 Å². The van der Waals surface area contributed by atoms with Crippen LogP contribution in [0.25, 0.3) is 0 Å². The quantitative estimate of drug-likeness (QED) is 0.841. The van der Waals surface area contributed by atoms with Gasteiger partial charge in [0.2, 0.25) is 5.88 Å². The summed E-state index contributed by atoms with van der Waals surface area (Å²) < 4.78 is 44.4. The molecule has 4 nitrogen and oxygen atoms in total. The number of halogens is 3. The molecule has 2 aromatic rings. The summed E-state index contributed by atoms with van der Waals surface area (Å²) in [4.78, 5) is 3.92. The summed E-state index contributed by atoms with van der Waals surface area (Å²) in [5.41, 5.74) is 5.41. The fourth-order valence-electron chi connectivity index (χ4n) is 1.44. The minimum absolute atomic E-state index is 0.0447. The van der Waals surface area contributed by atoms with E-state index >= 15 is 0 Å². The lowest BCUT2D eigenvalue weighted by molar-refractivity contribution is 0.398. The minimum atomic E-state index is -1.30. The molecular formula is C12H10F3N3O. The molecule has 0 saturated heterocycles. The lowest BCUT2D eigenvalue weighted by Gasteiger charge is -2.10. The predicted octanol–water partition coefficient (Wildman–Crippen LogP) is 2.83. The maximum atomic E-state index is 13.5. The highest BCUT2D eigenvalue weighted by Crippen LogP contribution is 2.27. The van der Waals surface area contributed by atoms with Crippen LogP contribution in [0.15, 0.2) is 24.3 Å². The zero-order chi connectivity index (χ0) is 14.0. The highest BCUT2D eigenvalue weighted by Gasteiger charge is 2.13. The van der Waals surface area contributed by atoms with E-state index in [1.807, 2.05) is 0 Å². The number of ether oxygens (including phenoxy) is 1.